The number of hydrogen-bond acceptors (Lipinski definition) is 7. The number of amides is 1. The molecule has 0 spiro atoms. The average Bonchev–Trinajstić information content (AvgIpc) is 2.68. The van der Waals surface area contributed by atoms with Gasteiger partial charge in [-0.3, -0.25) is 24.5 Å². The highest BCUT2D eigenvalue weighted by Crippen LogP contribution is 2.19. The van der Waals surface area contributed by atoms with Crippen LogP contribution >= 0.6 is 11.8 Å². The Morgan fingerprint density at radius 1 is 1.07 bits per heavy atom. The first-order valence-corrected chi connectivity index (χ1v) is 9.80. The van der Waals surface area contributed by atoms with Crippen LogP contribution in [0.2, 0.25) is 0 Å². The summed E-state index contributed by atoms with van der Waals surface area (Å²) in [5.41, 5.74) is 2.11. The number of benzene rings is 2. The van der Waals surface area contributed by atoms with E-state index in [0.29, 0.717) is 11.3 Å². The number of ether oxygens (including phenoxy) is 1. The van der Waals surface area contributed by atoms with E-state index in [9.17, 15) is 24.5 Å². The van der Waals surface area contributed by atoms with Crippen LogP contribution < -0.4 is 5.32 Å². The first kappa shape index (κ1) is 22.1. The van der Waals surface area contributed by atoms with Crippen molar-refractivity contribution >= 4 is 40.8 Å². The molecule has 0 unspecified atom stereocenters. The van der Waals surface area contributed by atoms with E-state index in [4.69, 9.17) is 4.74 Å². The van der Waals surface area contributed by atoms with Crippen LogP contribution in [-0.4, -0.2) is 40.7 Å². The summed E-state index contributed by atoms with van der Waals surface area (Å²) in [6.45, 7) is 2.99. The monoisotopic (exact) mass is 416 g/mol. The van der Waals surface area contributed by atoms with E-state index in [1.54, 1.807) is 19.1 Å². The Labute approximate surface area is 171 Å². The highest BCUT2D eigenvalue weighted by Gasteiger charge is 2.16. The molecule has 0 aromatic heterocycles. The van der Waals surface area contributed by atoms with Crippen LogP contribution in [-0.2, 0) is 14.3 Å². The van der Waals surface area contributed by atoms with E-state index in [1.165, 1.54) is 12.1 Å². The Kier molecular flexibility index (Phi) is 7.90. The normalized spacial score (nSPS) is 10.3. The van der Waals surface area contributed by atoms with Crippen LogP contribution in [0, 0.1) is 24.0 Å². The summed E-state index contributed by atoms with van der Waals surface area (Å²) >= 11 is 1.06. The number of thioether (sulfide) groups is 1. The first-order valence-electron chi connectivity index (χ1n) is 8.64. The largest absolute Gasteiger partial charge is 0.457 e. The number of Topliss-reactive ketones (excluding diaryl/α,β-unsaturated/α-hetero) is 1. The van der Waals surface area contributed by atoms with Crippen molar-refractivity contribution < 1.29 is 24.0 Å². The molecule has 8 nitrogen and oxygen atoms in total. The molecule has 0 saturated heterocycles. The number of ketones is 1. The third-order valence-electron chi connectivity index (χ3n) is 3.88. The minimum atomic E-state index is -0.645. The Morgan fingerprint density at radius 2 is 1.76 bits per heavy atom. The highest BCUT2D eigenvalue weighted by molar-refractivity contribution is 8.00. The van der Waals surface area contributed by atoms with Crippen LogP contribution in [0.1, 0.15) is 21.5 Å². The fourth-order valence-electron chi connectivity index (χ4n) is 2.31. The molecule has 0 bridgehead atoms. The van der Waals surface area contributed by atoms with Crippen molar-refractivity contribution in [3.8, 4) is 0 Å². The molecule has 0 fully saturated rings. The van der Waals surface area contributed by atoms with Gasteiger partial charge in [0, 0.05) is 22.9 Å². The fraction of sp³-hybridized carbons (Fsp3) is 0.250. The van der Waals surface area contributed by atoms with Crippen LogP contribution in [0.5, 0.6) is 0 Å². The van der Waals surface area contributed by atoms with Crippen molar-refractivity contribution in [3.05, 3.63) is 69.3 Å². The molecule has 0 radical (unpaired) electrons. The lowest BCUT2D eigenvalue weighted by molar-refractivity contribution is -0.385. The number of rotatable bonds is 9. The van der Waals surface area contributed by atoms with Gasteiger partial charge in [0.1, 0.15) is 0 Å². The van der Waals surface area contributed by atoms with Gasteiger partial charge in [-0.25, -0.2) is 0 Å². The smallest absolute Gasteiger partial charge is 0.316 e. The van der Waals surface area contributed by atoms with Crippen molar-refractivity contribution in [2.45, 2.75) is 13.8 Å². The van der Waals surface area contributed by atoms with Crippen LogP contribution in [0.3, 0.4) is 0 Å². The number of hydrogen-bond donors (Lipinski definition) is 1. The van der Waals surface area contributed by atoms with E-state index < -0.39 is 23.3 Å². The van der Waals surface area contributed by atoms with Gasteiger partial charge in [0.2, 0.25) is 11.7 Å². The summed E-state index contributed by atoms with van der Waals surface area (Å²) < 4.78 is 4.89. The average molecular weight is 416 g/mol. The highest BCUT2D eigenvalue weighted by atomic mass is 32.2. The number of nitro benzene ring substituents is 1. The summed E-state index contributed by atoms with van der Waals surface area (Å²) in [5.74, 6) is -1.48. The number of nitrogens with one attached hydrogen (secondary N) is 1. The second kappa shape index (κ2) is 10.4. The van der Waals surface area contributed by atoms with E-state index in [0.717, 1.165) is 23.4 Å². The molecular weight excluding hydrogens is 396 g/mol. The molecule has 0 atom stereocenters. The standard InChI is InChI=1S/C20H20N2O6S/c1-13-3-7-16(8-4-13)21-19(24)11-29-12-20(25)28-10-18(23)15-6-5-14(2)17(9-15)22(26)27/h3-9H,10-12H2,1-2H3,(H,21,24). The van der Waals surface area contributed by atoms with E-state index in [-0.39, 0.29) is 28.7 Å². The van der Waals surface area contributed by atoms with Gasteiger partial charge in [-0.2, -0.15) is 0 Å². The van der Waals surface area contributed by atoms with Gasteiger partial charge in [0.05, 0.1) is 16.4 Å². The van der Waals surface area contributed by atoms with Crippen molar-refractivity contribution in [2.24, 2.45) is 0 Å². The number of anilines is 1. The molecule has 152 valence electrons. The molecule has 0 aliphatic carbocycles. The van der Waals surface area contributed by atoms with Gasteiger partial charge in [-0.1, -0.05) is 29.8 Å². The molecule has 0 aliphatic rings. The van der Waals surface area contributed by atoms with Gasteiger partial charge in [-0.05, 0) is 26.0 Å². The van der Waals surface area contributed by atoms with Gasteiger partial charge < -0.3 is 10.1 Å². The maximum Gasteiger partial charge on any atom is 0.316 e. The summed E-state index contributed by atoms with van der Waals surface area (Å²) in [6.07, 6.45) is 0. The maximum atomic E-state index is 12.1. The fourth-order valence-corrected chi connectivity index (χ4v) is 2.92. The molecule has 29 heavy (non-hydrogen) atoms. The quantitative estimate of drug-likeness (QED) is 0.288. The molecule has 1 amide bonds. The van der Waals surface area contributed by atoms with Crippen molar-refractivity contribution in [2.75, 3.05) is 23.4 Å². The maximum absolute atomic E-state index is 12.1. The van der Waals surface area contributed by atoms with Gasteiger partial charge in [0.15, 0.2) is 6.61 Å². The minimum Gasteiger partial charge on any atom is -0.457 e. The first-order chi connectivity index (χ1) is 13.8. The number of aryl methyl sites for hydroxylation is 2. The molecule has 2 aromatic rings. The zero-order valence-electron chi connectivity index (χ0n) is 16.0. The van der Waals surface area contributed by atoms with E-state index in [1.807, 2.05) is 19.1 Å². The van der Waals surface area contributed by atoms with Crippen LogP contribution in [0.25, 0.3) is 0 Å². The summed E-state index contributed by atoms with van der Waals surface area (Å²) in [5, 5.41) is 13.7. The predicted octanol–water partition coefficient (Wildman–Crippen LogP) is 3.31. The van der Waals surface area contributed by atoms with Crippen molar-refractivity contribution in [3.63, 3.8) is 0 Å². The summed E-state index contributed by atoms with van der Waals surface area (Å²) in [6, 6.07) is 11.4. The molecule has 0 saturated carbocycles. The Bertz CT molecular complexity index is 927. The topological polar surface area (TPSA) is 116 Å². The Morgan fingerprint density at radius 3 is 2.41 bits per heavy atom. The zero-order valence-corrected chi connectivity index (χ0v) is 16.8. The van der Waals surface area contributed by atoms with E-state index >= 15 is 0 Å². The van der Waals surface area contributed by atoms with Gasteiger partial charge in [0.25, 0.3) is 5.69 Å². The van der Waals surface area contributed by atoms with Gasteiger partial charge in [-0.15, -0.1) is 11.8 Å². The summed E-state index contributed by atoms with van der Waals surface area (Å²) in [7, 11) is 0. The second-order valence-corrected chi connectivity index (χ2v) is 7.23. The lowest BCUT2D eigenvalue weighted by Gasteiger charge is -2.06. The van der Waals surface area contributed by atoms with Crippen molar-refractivity contribution in [1.82, 2.24) is 0 Å². The molecule has 0 heterocycles. The number of nitrogens with zero attached hydrogens (tertiary/aromatic N) is 1. The minimum absolute atomic E-state index is 0.0566. The third-order valence-corrected chi connectivity index (χ3v) is 4.79. The zero-order chi connectivity index (χ0) is 21.4. The lowest BCUT2D eigenvalue weighted by Crippen LogP contribution is -2.18. The molecular formula is C20H20N2O6S. The van der Waals surface area contributed by atoms with Crippen molar-refractivity contribution in [1.29, 1.82) is 0 Å². The molecule has 0 aliphatic heterocycles. The number of carbonyl (C=O) groups excluding carboxylic acids is 3. The van der Waals surface area contributed by atoms with Crippen LogP contribution in [0.4, 0.5) is 11.4 Å². The summed E-state index contributed by atoms with van der Waals surface area (Å²) in [4.78, 5) is 46.0. The molecule has 2 rings (SSSR count). The Balaban J connectivity index is 1.73. The predicted molar refractivity (Wildman–Crippen MR) is 110 cm³/mol. The SMILES string of the molecule is Cc1ccc(NC(=O)CSCC(=O)OCC(=O)c2ccc(C)c([N+](=O)[O-])c2)cc1. The third kappa shape index (κ3) is 7.04. The molecule has 2 aromatic carbocycles. The molecule has 1 N–H and O–H groups in total. The van der Waals surface area contributed by atoms with Crippen LogP contribution in [0.15, 0.2) is 42.5 Å². The van der Waals surface area contributed by atoms with Gasteiger partial charge >= 0.3 is 5.97 Å². The Hall–Kier alpha value is -3.20. The number of nitro groups is 1. The molecule has 9 heteroatoms. The lowest BCUT2D eigenvalue weighted by atomic mass is 10.1. The number of carbonyl (C=O) groups is 3. The second-order valence-electron chi connectivity index (χ2n) is 6.25. The van der Waals surface area contributed by atoms with E-state index in [2.05, 4.69) is 5.32 Å². The number of esters is 1.